The van der Waals surface area contributed by atoms with Gasteiger partial charge in [-0.05, 0) is 42.7 Å². The second kappa shape index (κ2) is 8.50. The Hall–Kier alpha value is -1.44. The molecule has 7 heteroatoms. The van der Waals surface area contributed by atoms with Gasteiger partial charge in [-0.25, -0.2) is 17.8 Å². The van der Waals surface area contributed by atoms with Crippen molar-refractivity contribution in [2.24, 2.45) is 0 Å². The van der Waals surface area contributed by atoms with Crippen molar-refractivity contribution in [3.05, 3.63) is 54.0 Å². The third-order valence-electron chi connectivity index (χ3n) is 4.75. The molecule has 3 rings (SSSR count). The first kappa shape index (κ1) is 19.3. The molecule has 0 radical (unpaired) electrons. The minimum atomic E-state index is -3.52. The Balaban J connectivity index is 1.66. The topological polar surface area (TPSA) is 50.3 Å². The van der Waals surface area contributed by atoms with E-state index in [0.29, 0.717) is 10.8 Å². The largest absolute Gasteiger partial charge is 0.249 e. The zero-order valence-corrected chi connectivity index (χ0v) is 16.4. The number of nitrogens with zero attached hydrogens (tertiary/aromatic N) is 2. The van der Waals surface area contributed by atoms with E-state index in [-0.39, 0.29) is 16.8 Å². The van der Waals surface area contributed by atoms with Crippen molar-refractivity contribution in [1.82, 2.24) is 9.29 Å². The van der Waals surface area contributed by atoms with Gasteiger partial charge in [0.15, 0.2) is 0 Å². The van der Waals surface area contributed by atoms with Gasteiger partial charge in [-0.15, -0.1) is 11.8 Å². The standard InChI is InChI=1S/C19H23FN2O2S2/c1-22(17-8-3-2-4-9-17)26(23,24)18-10-11-19(21-13-18)25-14-15-6-5-7-16(20)12-15/h5-7,10-13,17H,2-4,8-9,14H2,1H3. The van der Waals surface area contributed by atoms with E-state index in [1.54, 1.807) is 25.2 Å². The molecule has 0 aliphatic heterocycles. The molecular formula is C19H23FN2O2S2. The summed E-state index contributed by atoms with van der Waals surface area (Å²) in [6.45, 7) is 0. The van der Waals surface area contributed by atoms with E-state index in [1.807, 2.05) is 6.07 Å². The highest BCUT2D eigenvalue weighted by Gasteiger charge is 2.29. The molecule has 26 heavy (non-hydrogen) atoms. The van der Waals surface area contributed by atoms with Crippen LogP contribution >= 0.6 is 11.8 Å². The smallest absolute Gasteiger partial charge is 0.244 e. The van der Waals surface area contributed by atoms with Crippen molar-refractivity contribution in [2.75, 3.05) is 7.05 Å². The van der Waals surface area contributed by atoms with Crippen LogP contribution < -0.4 is 0 Å². The maximum Gasteiger partial charge on any atom is 0.244 e. The van der Waals surface area contributed by atoms with Gasteiger partial charge >= 0.3 is 0 Å². The minimum Gasteiger partial charge on any atom is -0.249 e. The molecule has 0 N–H and O–H groups in total. The number of rotatable bonds is 6. The van der Waals surface area contributed by atoms with Crippen molar-refractivity contribution in [2.45, 2.75) is 53.8 Å². The molecule has 1 aliphatic rings. The molecule has 1 aliphatic carbocycles. The molecule has 1 aromatic heterocycles. The highest BCUT2D eigenvalue weighted by atomic mass is 32.2. The van der Waals surface area contributed by atoms with Crippen LogP contribution in [-0.4, -0.2) is 30.8 Å². The first-order valence-corrected chi connectivity index (χ1v) is 11.2. The van der Waals surface area contributed by atoms with Gasteiger partial charge in [0, 0.05) is 25.0 Å². The van der Waals surface area contributed by atoms with Gasteiger partial charge in [0.2, 0.25) is 10.0 Å². The van der Waals surface area contributed by atoms with Gasteiger partial charge in [0.25, 0.3) is 0 Å². The Bertz CT molecular complexity index is 835. The van der Waals surface area contributed by atoms with Crippen LogP contribution in [0.4, 0.5) is 4.39 Å². The lowest BCUT2D eigenvalue weighted by molar-refractivity contribution is 0.285. The van der Waals surface area contributed by atoms with Gasteiger partial charge < -0.3 is 0 Å². The van der Waals surface area contributed by atoms with Gasteiger partial charge in [0.1, 0.15) is 10.7 Å². The lowest BCUT2D eigenvalue weighted by atomic mass is 9.96. The predicted octanol–water partition coefficient (Wildman–Crippen LogP) is 4.47. The minimum absolute atomic E-state index is 0.0794. The molecule has 1 saturated carbocycles. The molecule has 1 fully saturated rings. The lowest BCUT2D eigenvalue weighted by Gasteiger charge is -2.30. The molecule has 2 aromatic rings. The summed E-state index contributed by atoms with van der Waals surface area (Å²) < 4.78 is 40.3. The summed E-state index contributed by atoms with van der Waals surface area (Å²) in [6.07, 6.45) is 6.61. The number of pyridine rings is 1. The van der Waals surface area contributed by atoms with Crippen molar-refractivity contribution < 1.29 is 12.8 Å². The summed E-state index contributed by atoms with van der Waals surface area (Å²) >= 11 is 1.45. The molecule has 140 valence electrons. The fraction of sp³-hybridized carbons (Fsp3) is 0.421. The molecule has 0 amide bonds. The molecule has 4 nitrogen and oxygen atoms in total. The summed E-state index contributed by atoms with van der Waals surface area (Å²) in [5.41, 5.74) is 0.866. The molecule has 0 spiro atoms. The number of thioether (sulfide) groups is 1. The van der Waals surface area contributed by atoms with E-state index in [1.165, 1.54) is 40.8 Å². The Labute approximate surface area is 158 Å². The molecule has 0 bridgehead atoms. The summed E-state index contributed by atoms with van der Waals surface area (Å²) in [7, 11) is -1.85. The SMILES string of the molecule is CN(C1CCCCC1)S(=O)(=O)c1ccc(SCc2cccc(F)c2)nc1. The number of sulfonamides is 1. The van der Waals surface area contributed by atoms with Crippen LogP contribution in [0.5, 0.6) is 0 Å². The predicted molar refractivity (Wildman–Crippen MR) is 102 cm³/mol. The zero-order valence-electron chi connectivity index (χ0n) is 14.8. The van der Waals surface area contributed by atoms with Gasteiger partial charge in [-0.2, -0.15) is 4.31 Å². The molecular weight excluding hydrogens is 371 g/mol. The average Bonchev–Trinajstić information content (AvgIpc) is 2.67. The Morgan fingerprint density at radius 1 is 1.19 bits per heavy atom. The van der Waals surface area contributed by atoms with Gasteiger partial charge in [0.05, 0.1) is 5.03 Å². The van der Waals surface area contributed by atoms with Crippen LogP contribution in [0.2, 0.25) is 0 Å². The van der Waals surface area contributed by atoms with E-state index in [9.17, 15) is 12.8 Å². The average molecular weight is 395 g/mol. The fourth-order valence-electron chi connectivity index (χ4n) is 3.20. The fourth-order valence-corrected chi connectivity index (χ4v) is 5.34. The van der Waals surface area contributed by atoms with E-state index < -0.39 is 10.0 Å². The lowest BCUT2D eigenvalue weighted by Crippen LogP contribution is -2.38. The number of halogens is 1. The normalized spacial score (nSPS) is 16.1. The van der Waals surface area contributed by atoms with E-state index in [4.69, 9.17) is 0 Å². The van der Waals surface area contributed by atoms with E-state index in [2.05, 4.69) is 4.98 Å². The highest BCUT2D eigenvalue weighted by molar-refractivity contribution is 7.98. The van der Waals surface area contributed by atoms with Crippen LogP contribution in [0, 0.1) is 5.82 Å². The molecule has 0 saturated heterocycles. The van der Waals surface area contributed by atoms with Crippen LogP contribution in [0.25, 0.3) is 0 Å². The molecule has 1 aromatic carbocycles. The van der Waals surface area contributed by atoms with Crippen LogP contribution in [-0.2, 0) is 15.8 Å². The second-order valence-electron chi connectivity index (χ2n) is 6.56. The highest BCUT2D eigenvalue weighted by Crippen LogP contribution is 2.27. The maximum absolute atomic E-state index is 13.2. The second-order valence-corrected chi connectivity index (χ2v) is 9.56. The van der Waals surface area contributed by atoms with Gasteiger partial charge in [-0.1, -0.05) is 31.4 Å². The quantitative estimate of drug-likeness (QED) is 0.679. The van der Waals surface area contributed by atoms with Crippen molar-refractivity contribution in [3.8, 4) is 0 Å². The molecule has 1 heterocycles. The summed E-state index contributed by atoms with van der Waals surface area (Å²) in [5, 5.41) is 0.716. The van der Waals surface area contributed by atoms with E-state index in [0.717, 1.165) is 31.2 Å². The first-order valence-electron chi connectivity index (χ1n) is 8.78. The Morgan fingerprint density at radius 3 is 2.62 bits per heavy atom. The number of aromatic nitrogens is 1. The molecule has 0 unspecified atom stereocenters. The molecule has 0 atom stereocenters. The van der Waals surface area contributed by atoms with Crippen LogP contribution in [0.3, 0.4) is 0 Å². The monoisotopic (exact) mass is 394 g/mol. The first-order chi connectivity index (χ1) is 12.5. The maximum atomic E-state index is 13.2. The third-order valence-corrected chi connectivity index (χ3v) is 7.66. The van der Waals surface area contributed by atoms with Crippen molar-refractivity contribution >= 4 is 21.8 Å². The zero-order chi connectivity index (χ0) is 18.6. The van der Waals surface area contributed by atoms with Crippen molar-refractivity contribution in [3.63, 3.8) is 0 Å². The van der Waals surface area contributed by atoms with Crippen LogP contribution in [0.1, 0.15) is 37.7 Å². The number of hydrogen-bond donors (Lipinski definition) is 0. The summed E-state index contributed by atoms with van der Waals surface area (Å²) in [5.74, 6) is 0.321. The summed E-state index contributed by atoms with van der Waals surface area (Å²) in [6, 6.07) is 9.83. The number of hydrogen-bond acceptors (Lipinski definition) is 4. The Morgan fingerprint density at radius 2 is 1.96 bits per heavy atom. The van der Waals surface area contributed by atoms with Gasteiger partial charge in [-0.3, -0.25) is 0 Å². The van der Waals surface area contributed by atoms with Crippen molar-refractivity contribution in [1.29, 1.82) is 0 Å². The van der Waals surface area contributed by atoms with Crippen LogP contribution in [0.15, 0.2) is 52.5 Å². The van der Waals surface area contributed by atoms with E-state index >= 15 is 0 Å². The Kier molecular flexibility index (Phi) is 6.32. The third kappa shape index (κ3) is 4.64. The number of benzene rings is 1. The summed E-state index contributed by atoms with van der Waals surface area (Å²) in [4.78, 5) is 4.50.